The third kappa shape index (κ3) is 5.07. The number of carbonyl (C=O) groups excluding carboxylic acids is 1. The number of para-hydroxylation sites is 1. The number of hydrogen-bond donors (Lipinski definition) is 2. The molecule has 0 fully saturated rings. The second-order valence-electron chi connectivity index (χ2n) is 6.06. The van der Waals surface area contributed by atoms with Gasteiger partial charge in [0.05, 0.1) is 0 Å². The lowest BCUT2D eigenvalue weighted by molar-refractivity contribution is 0.102. The predicted molar refractivity (Wildman–Crippen MR) is 106 cm³/mol. The van der Waals surface area contributed by atoms with Crippen LogP contribution in [0.1, 0.15) is 15.9 Å². The summed E-state index contributed by atoms with van der Waals surface area (Å²) >= 11 is 0. The van der Waals surface area contributed by atoms with Crippen LogP contribution in [0.15, 0.2) is 72.8 Å². The normalized spacial score (nSPS) is 10.3. The molecule has 27 heavy (non-hydrogen) atoms. The monoisotopic (exact) mass is 364 g/mol. The van der Waals surface area contributed by atoms with Gasteiger partial charge in [-0.2, -0.15) is 0 Å². The summed E-state index contributed by atoms with van der Waals surface area (Å²) in [5.74, 6) is -0.299. The first-order chi connectivity index (χ1) is 13.1. The maximum Gasteiger partial charge on any atom is 0.255 e. The summed E-state index contributed by atoms with van der Waals surface area (Å²) in [6.07, 6.45) is 0. The fraction of sp³-hybridized carbons (Fsp3) is 0.136. The van der Waals surface area contributed by atoms with Crippen molar-refractivity contribution >= 4 is 17.3 Å². The molecular formula is C22H21FN2O2. The molecule has 0 heterocycles. The molecule has 3 aromatic carbocycles. The molecule has 0 aliphatic carbocycles. The number of aryl methyl sites for hydroxylation is 1. The Kier molecular flexibility index (Phi) is 6.05. The van der Waals surface area contributed by atoms with E-state index in [1.807, 2.05) is 43.3 Å². The molecule has 0 aliphatic heterocycles. The molecule has 0 aromatic heterocycles. The van der Waals surface area contributed by atoms with Crippen LogP contribution in [0.25, 0.3) is 0 Å². The van der Waals surface area contributed by atoms with E-state index in [2.05, 4.69) is 10.6 Å². The summed E-state index contributed by atoms with van der Waals surface area (Å²) in [6, 6.07) is 21.0. The molecule has 4 nitrogen and oxygen atoms in total. The fourth-order valence-corrected chi connectivity index (χ4v) is 2.59. The first kappa shape index (κ1) is 18.5. The molecule has 0 saturated heterocycles. The zero-order valence-corrected chi connectivity index (χ0v) is 15.0. The number of carbonyl (C=O) groups is 1. The van der Waals surface area contributed by atoms with Gasteiger partial charge in [0.2, 0.25) is 0 Å². The van der Waals surface area contributed by atoms with Gasteiger partial charge in [-0.25, -0.2) is 4.39 Å². The molecule has 0 aliphatic rings. The van der Waals surface area contributed by atoms with Crippen molar-refractivity contribution in [2.45, 2.75) is 6.92 Å². The second-order valence-corrected chi connectivity index (χ2v) is 6.06. The number of nitrogens with one attached hydrogen (secondary N) is 2. The molecule has 0 saturated carbocycles. The third-order valence-corrected chi connectivity index (χ3v) is 4.04. The van der Waals surface area contributed by atoms with Crippen molar-refractivity contribution in [3.8, 4) is 5.75 Å². The van der Waals surface area contributed by atoms with Crippen molar-refractivity contribution in [2.75, 3.05) is 23.8 Å². The van der Waals surface area contributed by atoms with Crippen LogP contribution in [-0.4, -0.2) is 19.1 Å². The minimum absolute atomic E-state index is 0.159. The van der Waals surface area contributed by atoms with E-state index in [-0.39, 0.29) is 17.5 Å². The van der Waals surface area contributed by atoms with Gasteiger partial charge in [-0.05, 0) is 48.9 Å². The van der Waals surface area contributed by atoms with Crippen LogP contribution < -0.4 is 15.4 Å². The van der Waals surface area contributed by atoms with Gasteiger partial charge >= 0.3 is 0 Å². The van der Waals surface area contributed by atoms with Gasteiger partial charge in [-0.3, -0.25) is 4.79 Å². The Morgan fingerprint density at radius 2 is 1.74 bits per heavy atom. The number of benzene rings is 3. The first-order valence-electron chi connectivity index (χ1n) is 8.72. The van der Waals surface area contributed by atoms with E-state index < -0.39 is 0 Å². The van der Waals surface area contributed by atoms with Crippen molar-refractivity contribution in [3.05, 3.63) is 89.7 Å². The smallest absolute Gasteiger partial charge is 0.255 e. The lowest BCUT2D eigenvalue weighted by atomic mass is 10.1. The van der Waals surface area contributed by atoms with Crippen molar-refractivity contribution in [1.82, 2.24) is 0 Å². The minimum Gasteiger partial charge on any atom is -0.489 e. The van der Waals surface area contributed by atoms with E-state index in [0.29, 0.717) is 24.4 Å². The highest BCUT2D eigenvalue weighted by Crippen LogP contribution is 2.21. The SMILES string of the molecule is Cc1ccc(NC(=O)c2ccccc2)cc1NCCOc1ccccc1F. The third-order valence-electron chi connectivity index (χ3n) is 4.04. The van der Waals surface area contributed by atoms with Gasteiger partial charge in [-0.15, -0.1) is 0 Å². The largest absolute Gasteiger partial charge is 0.489 e. The molecule has 0 spiro atoms. The summed E-state index contributed by atoms with van der Waals surface area (Å²) in [4.78, 5) is 12.3. The lowest BCUT2D eigenvalue weighted by Crippen LogP contribution is -2.14. The van der Waals surface area contributed by atoms with Crippen LogP contribution in [0.4, 0.5) is 15.8 Å². The molecule has 0 radical (unpaired) electrons. The quantitative estimate of drug-likeness (QED) is 0.588. The van der Waals surface area contributed by atoms with E-state index in [0.717, 1.165) is 11.3 Å². The van der Waals surface area contributed by atoms with E-state index in [4.69, 9.17) is 4.74 Å². The molecule has 2 N–H and O–H groups in total. The van der Waals surface area contributed by atoms with Crippen molar-refractivity contribution in [1.29, 1.82) is 0 Å². The van der Waals surface area contributed by atoms with Crippen LogP contribution in [0.2, 0.25) is 0 Å². The van der Waals surface area contributed by atoms with Gasteiger partial charge in [0.25, 0.3) is 5.91 Å². The Labute approximate surface area is 158 Å². The van der Waals surface area contributed by atoms with Crippen LogP contribution in [0.5, 0.6) is 5.75 Å². The predicted octanol–water partition coefficient (Wildman–Crippen LogP) is 4.88. The molecule has 138 valence electrons. The number of ether oxygens (including phenoxy) is 1. The zero-order valence-electron chi connectivity index (χ0n) is 15.0. The zero-order chi connectivity index (χ0) is 19.1. The van der Waals surface area contributed by atoms with Crippen LogP contribution in [0, 0.1) is 12.7 Å². The summed E-state index contributed by atoms with van der Waals surface area (Å²) in [6.45, 7) is 2.80. The molecule has 0 unspecified atom stereocenters. The molecule has 3 aromatic rings. The van der Waals surface area contributed by atoms with Gasteiger partial charge in [0, 0.05) is 23.5 Å². The van der Waals surface area contributed by atoms with Crippen LogP contribution in [-0.2, 0) is 0 Å². The Balaban J connectivity index is 1.57. The van der Waals surface area contributed by atoms with Gasteiger partial charge in [0.15, 0.2) is 11.6 Å². The van der Waals surface area contributed by atoms with Crippen molar-refractivity contribution in [2.24, 2.45) is 0 Å². The summed E-state index contributed by atoms with van der Waals surface area (Å²) < 4.78 is 19.0. The highest BCUT2D eigenvalue weighted by Gasteiger charge is 2.07. The van der Waals surface area contributed by atoms with E-state index in [9.17, 15) is 9.18 Å². The van der Waals surface area contributed by atoms with Crippen molar-refractivity contribution < 1.29 is 13.9 Å². The number of hydrogen-bond acceptors (Lipinski definition) is 3. The van der Waals surface area contributed by atoms with Crippen LogP contribution >= 0.6 is 0 Å². The summed E-state index contributed by atoms with van der Waals surface area (Å²) in [5.41, 5.74) is 3.23. The molecule has 1 amide bonds. The summed E-state index contributed by atoms with van der Waals surface area (Å²) in [7, 11) is 0. The molecule has 0 bridgehead atoms. The van der Waals surface area contributed by atoms with Gasteiger partial charge in [-0.1, -0.05) is 36.4 Å². The number of amides is 1. The maximum atomic E-state index is 13.5. The van der Waals surface area contributed by atoms with Gasteiger partial charge < -0.3 is 15.4 Å². The highest BCUT2D eigenvalue weighted by molar-refractivity contribution is 6.04. The average molecular weight is 364 g/mol. The van der Waals surface area contributed by atoms with E-state index >= 15 is 0 Å². The van der Waals surface area contributed by atoms with E-state index in [1.54, 1.807) is 30.3 Å². The Morgan fingerprint density at radius 1 is 1.00 bits per heavy atom. The molecule has 5 heteroatoms. The minimum atomic E-state index is -0.376. The Morgan fingerprint density at radius 3 is 2.52 bits per heavy atom. The first-order valence-corrected chi connectivity index (χ1v) is 8.72. The van der Waals surface area contributed by atoms with Crippen LogP contribution in [0.3, 0.4) is 0 Å². The molecule has 0 atom stereocenters. The lowest BCUT2D eigenvalue weighted by Gasteiger charge is -2.13. The number of rotatable bonds is 7. The molecule has 3 rings (SSSR count). The maximum absolute atomic E-state index is 13.5. The molecular weight excluding hydrogens is 343 g/mol. The fourth-order valence-electron chi connectivity index (χ4n) is 2.59. The average Bonchev–Trinajstić information content (AvgIpc) is 2.69. The van der Waals surface area contributed by atoms with Crippen molar-refractivity contribution in [3.63, 3.8) is 0 Å². The Bertz CT molecular complexity index is 913. The standard InChI is InChI=1S/C22H21FN2O2/c1-16-11-12-18(25-22(26)17-7-3-2-4-8-17)15-20(16)24-13-14-27-21-10-6-5-9-19(21)23/h2-12,15,24H,13-14H2,1H3,(H,25,26). The number of anilines is 2. The second kappa shape index (κ2) is 8.85. The topological polar surface area (TPSA) is 50.4 Å². The number of halogens is 1. The Hall–Kier alpha value is -3.34. The van der Waals surface area contributed by atoms with Gasteiger partial charge in [0.1, 0.15) is 6.61 Å². The highest BCUT2D eigenvalue weighted by atomic mass is 19.1. The van der Waals surface area contributed by atoms with E-state index in [1.165, 1.54) is 6.07 Å². The summed E-state index contributed by atoms with van der Waals surface area (Å²) in [5, 5.41) is 6.15.